The van der Waals surface area contributed by atoms with Crippen LogP contribution in [0.4, 0.5) is 0 Å². The first kappa shape index (κ1) is 17.4. The number of nitrogens with one attached hydrogen (secondary N) is 1. The van der Waals surface area contributed by atoms with Gasteiger partial charge in [0.15, 0.2) is 19.7 Å². The molecule has 3 rings (SSSR count). The molecule has 0 bridgehead atoms. The van der Waals surface area contributed by atoms with Gasteiger partial charge in [0.25, 0.3) is 5.91 Å². The Morgan fingerprint density at radius 2 is 1.71 bits per heavy atom. The van der Waals surface area contributed by atoms with Crippen molar-refractivity contribution in [2.75, 3.05) is 23.0 Å². The van der Waals surface area contributed by atoms with Gasteiger partial charge in [0, 0.05) is 11.7 Å². The molecule has 2 saturated heterocycles. The van der Waals surface area contributed by atoms with Gasteiger partial charge in [-0.3, -0.25) is 9.48 Å². The molecule has 1 N–H and O–H groups in total. The van der Waals surface area contributed by atoms with E-state index in [9.17, 15) is 21.6 Å². The number of carbonyl (C=O) groups excluding carboxylic acids is 1. The predicted molar refractivity (Wildman–Crippen MR) is 88.5 cm³/mol. The van der Waals surface area contributed by atoms with Crippen LogP contribution in [-0.4, -0.2) is 61.6 Å². The summed E-state index contributed by atoms with van der Waals surface area (Å²) in [4.78, 5) is 12.5. The summed E-state index contributed by atoms with van der Waals surface area (Å²) in [5, 5.41) is 7.12. The molecular weight excluding hydrogens is 354 g/mol. The number of hydrogen-bond acceptors (Lipinski definition) is 6. The number of sulfone groups is 2. The van der Waals surface area contributed by atoms with Gasteiger partial charge >= 0.3 is 0 Å². The molecule has 0 spiro atoms. The van der Waals surface area contributed by atoms with E-state index < -0.39 is 19.7 Å². The summed E-state index contributed by atoms with van der Waals surface area (Å²) in [7, 11) is -6.11. The molecule has 0 unspecified atom stereocenters. The summed E-state index contributed by atoms with van der Waals surface area (Å²) >= 11 is 0. The van der Waals surface area contributed by atoms with Gasteiger partial charge in [0.2, 0.25) is 0 Å². The van der Waals surface area contributed by atoms with Gasteiger partial charge in [-0.1, -0.05) is 0 Å². The zero-order valence-corrected chi connectivity index (χ0v) is 15.3. The molecular formula is C14H21N3O5S2. The van der Waals surface area contributed by atoms with Crippen LogP contribution < -0.4 is 5.32 Å². The first-order chi connectivity index (χ1) is 11.1. The second-order valence-corrected chi connectivity index (χ2v) is 11.1. The molecule has 3 heterocycles. The van der Waals surface area contributed by atoms with E-state index in [0.717, 1.165) is 0 Å². The Balaban J connectivity index is 1.80. The lowest BCUT2D eigenvalue weighted by Crippen LogP contribution is -2.36. The van der Waals surface area contributed by atoms with E-state index in [4.69, 9.17) is 0 Å². The van der Waals surface area contributed by atoms with Crippen LogP contribution in [0.1, 0.15) is 40.6 Å². The summed E-state index contributed by atoms with van der Waals surface area (Å²) in [6.07, 6.45) is 0.910. The number of carbonyl (C=O) groups is 1. The lowest BCUT2D eigenvalue weighted by molar-refractivity contribution is 0.0939. The molecule has 2 fully saturated rings. The normalized spacial score (nSPS) is 28.1. The average molecular weight is 375 g/mol. The highest BCUT2D eigenvalue weighted by molar-refractivity contribution is 7.91. The summed E-state index contributed by atoms with van der Waals surface area (Å²) in [5.74, 6) is -0.116. The number of aromatic nitrogens is 2. The van der Waals surface area contributed by atoms with Crippen LogP contribution in [0.15, 0.2) is 0 Å². The van der Waals surface area contributed by atoms with Crippen LogP contribution in [0.3, 0.4) is 0 Å². The van der Waals surface area contributed by atoms with Crippen LogP contribution in [0.25, 0.3) is 0 Å². The summed E-state index contributed by atoms with van der Waals surface area (Å²) in [5.41, 5.74) is 1.55. The largest absolute Gasteiger partial charge is 0.348 e. The maximum absolute atomic E-state index is 12.5. The Morgan fingerprint density at radius 1 is 1.08 bits per heavy atom. The number of rotatable bonds is 3. The van der Waals surface area contributed by atoms with Crippen molar-refractivity contribution in [2.24, 2.45) is 0 Å². The summed E-state index contributed by atoms with van der Waals surface area (Å²) in [6.45, 7) is 3.44. The monoisotopic (exact) mass is 375 g/mol. The smallest absolute Gasteiger partial charge is 0.255 e. The number of hydrogen-bond donors (Lipinski definition) is 1. The molecule has 0 aromatic carbocycles. The summed E-state index contributed by atoms with van der Waals surface area (Å²) < 4.78 is 48.0. The lowest BCUT2D eigenvalue weighted by Gasteiger charge is -2.13. The third kappa shape index (κ3) is 3.34. The third-order valence-corrected chi connectivity index (χ3v) is 8.19. The zero-order chi connectivity index (χ0) is 17.7. The van der Waals surface area contributed by atoms with Crippen LogP contribution >= 0.6 is 0 Å². The van der Waals surface area contributed by atoms with Gasteiger partial charge in [0.1, 0.15) is 0 Å². The Kier molecular flexibility index (Phi) is 4.23. The molecule has 1 aromatic heterocycles. The van der Waals surface area contributed by atoms with Gasteiger partial charge < -0.3 is 5.32 Å². The van der Waals surface area contributed by atoms with Crippen molar-refractivity contribution in [1.29, 1.82) is 0 Å². The van der Waals surface area contributed by atoms with Crippen LogP contribution in [-0.2, 0) is 19.7 Å². The topological polar surface area (TPSA) is 115 Å². The number of aryl methyl sites for hydroxylation is 1. The molecule has 24 heavy (non-hydrogen) atoms. The molecule has 134 valence electrons. The van der Waals surface area contributed by atoms with Gasteiger partial charge in [-0.25, -0.2) is 16.8 Å². The van der Waals surface area contributed by atoms with Gasteiger partial charge in [0.05, 0.1) is 40.3 Å². The van der Waals surface area contributed by atoms with Crippen molar-refractivity contribution < 1.29 is 21.6 Å². The maximum atomic E-state index is 12.5. The van der Waals surface area contributed by atoms with Crippen LogP contribution in [0.2, 0.25) is 0 Å². The molecule has 1 aromatic rings. The molecule has 0 aliphatic carbocycles. The van der Waals surface area contributed by atoms with Gasteiger partial charge in [-0.05, 0) is 26.7 Å². The second kappa shape index (κ2) is 5.83. The zero-order valence-electron chi connectivity index (χ0n) is 13.6. The minimum atomic E-state index is -3.07. The first-order valence-electron chi connectivity index (χ1n) is 7.85. The molecule has 2 aliphatic rings. The van der Waals surface area contributed by atoms with Crippen molar-refractivity contribution in [3.8, 4) is 0 Å². The van der Waals surface area contributed by atoms with E-state index in [-0.39, 0.29) is 41.0 Å². The highest BCUT2D eigenvalue weighted by Crippen LogP contribution is 2.27. The number of amides is 1. The Bertz CT molecular complexity index is 886. The van der Waals surface area contributed by atoms with Crippen molar-refractivity contribution in [3.05, 3.63) is 17.0 Å². The minimum absolute atomic E-state index is 0.0359. The second-order valence-electron chi connectivity index (χ2n) is 6.62. The van der Waals surface area contributed by atoms with Gasteiger partial charge in [-0.15, -0.1) is 0 Å². The Hall–Kier alpha value is -1.42. The molecule has 0 radical (unpaired) electrons. The molecule has 2 aliphatic heterocycles. The predicted octanol–water partition coefficient (Wildman–Crippen LogP) is -0.224. The lowest BCUT2D eigenvalue weighted by atomic mass is 10.1. The van der Waals surface area contributed by atoms with E-state index in [1.54, 1.807) is 18.5 Å². The highest BCUT2D eigenvalue weighted by atomic mass is 32.2. The van der Waals surface area contributed by atoms with Crippen molar-refractivity contribution in [1.82, 2.24) is 15.1 Å². The standard InChI is InChI=1S/C14H21N3O5S2/c1-9-13(14(18)15-11-3-5-23(19,20)7-11)10(2)17(16-9)12-4-6-24(21,22)8-12/h11-12H,3-8H2,1-2H3,(H,15,18)/t11-,12+/m1/s1. The van der Waals surface area contributed by atoms with Gasteiger partial charge in [-0.2, -0.15) is 5.10 Å². The van der Waals surface area contributed by atoms with E-state index in [2.05, 4.69) is 10.4 Å². The third-order valence-electron chi connectivity index (χ3n) is 4.67. The quantitative estimate of drug-likeness (QED) is 0.781. The van der Waals surface area contributed by atoms with E-state index in [0.29, 0.717) is 29.8 Å². The minimum Gasteiger partial charge on any atom is -0.348 e. The summed E-state index contributed by atoms with van der Waals surface area (Å²) in [6, 6.07) is -0.626. The average Bonchev–Trinajstić information content (AvgIpc) is 3.06. The van der Waals surface area contributed by atoms with Crippen LogP contribution in [0.5, 0.6) is 0 Å². The number of nitrogens with zero attached hydrogens (tertiary/aromatic N) is 2. The van der Waals surface area contributed by atoms with E-state index in [1.165, 1.54) is 0 Å². The molecule has 10 heteroatoms. The van der Waals surface area contributed by atoms with E-state index >= 15 is 0 Å². The maximum Gasteiger partial charge on any atom is 0.255 e. The van der Waals surface area contributed by atoms with Crippen molar-refractivity contribution in [2.45, 2.75) is 38.8 Å². The Morgan fingerprint density at radius 3 is 2.25 bits per heavy atom. The SMILES string of the molecule is Cc1nn([C@H]2CCS(=O)(=O)C2)c(C)c1C(=O)N[C@@H]1CCS(=O)(=O)C1. The molecule has 8 nitrogen and oxygen atoms in total. The van der Waals surface area contributed by atoms with Crippen molar-refractivity contribution in [3.63, 3.8) is 0 Å². The van der Waals surface area contributed by atoms with Crippen LogP contribution in [0, 0.1) is 13.8 Å². The highest BCUT2D eigenvalue weighted by Gasteiger charge is 2.34. The Labute approximate surface area is 141 Å². The fraction of sp³-hybridized carbons (Fsp3) is 0.714. The fourth-order valence-electron chi connectivity index (χ4n) is 3.48. The first-order valence-corrected chi connectivity index (χ1v) is 11.5. The van der Waals surface area contributed by atoms with Crippen molar-refractivity contribution >= 4 is 25.6 Å². The molecule has 0 saturated carbocycles. The fourth-order valence-corrected chi connectivity index (χ4v) is 6.85. The molecule has 2 atom stereocenters. The van der Waals surface area contributed by atoms with E-state index in [1.807, 2.05) is 0 Å². The molecule has 1 amide bonds.